The summed E-state index contributed by atoms with van der Waals surface area (Å²) in [6.07, 6.45) is 1.51. The third-order valence-electron chi connectivity index (χ3n) is 5.90. The van der Waals surface area contributed by atoms with E-state index in [1.54, 1.807) is 29.2 Å². The van der Waals surface area contributed by atoms with Gasteiger partial charge in [0.25, 0.3) is 5.91 Å². The molecule has 0 unspecified atom stereocenters. The topological polar surface area (TPSA) is 83.6 Å². The average Bonchev–Trinajstić information content (AvgIpc) is 2.89. The molecule has 0 radical (unpaired) electrons. The van der Waals surface area contributed by atoms with Crippen molar-refractivity contribution in [1.29, 1.82) is 0 Å². The van der Waals surface area contributed by atoms with Gasteiger partial charge < -0.3 is 15.4 Å². The van der Waals surface area contributed by atoms with E-state index >= 15 is 0 Å². The Balaban J connectivity index is 1.33. The number of pyridine rings is 1. The summed E-state index contributed by atoms with van der Waals surface area (Å²) < 4.78 is 19.6. The third-order valence-corrected chi connectivity index (χ3v) is 5.90. The van der Waals surface area contributed by atoms with Crippen LogP contribution in [0.25, 0.3) is 0 Å². The molecule has 1 aliphatic heterocycles. The maximum absolute atomic E-state index is 13.9. The summed E-state index contributed by atoms with van der Waals surface area (Å²) in [5.41, 5.74) is 4.35. The third kappa shape index (κ3) is 4.88. The zero-order chi connectivity index (χ0) is 25.1. The number of halogens is 1. The lowest BCUT2D eigenvalue weighted by Gasteiger charge is -2.31. The van der Waals surface area contributed by atoms with Crippen molar-refractivity contribution in [3.63, 3.8) is 0 Å². The van der Waals surface area contributed by atoms with Gasteiger partial charge in [-0.2, -0.15) is 0 Å². The van der Waals surface area contributed by atoms with Crippen LogP contribution in [-0.4, -0.2) is 16.9 Å². The van der Waals surface area contributed by atoms with Crippen LogP contribution >= 0.6 is 0 Å². The lowest BCUT2D eigenvalue weighted by Crippen LogP contribution is -2.39. The number of hydrogen-bond acceptors (Lipinski definition) is 4. The Morgan fingerprint density at radius 2 is 1.92 bits per heavy atom. The minimum Gasteiger partial charge on any atom is -0.487 e. The van der Waals surface area contributed by atoms with E-state index in [2.05, 4.69) is 15.6 Å². The number of urea groups is 1. The fourth-order valence-electron chi connectivity index (χ4n) is 3.96. The lowest BCUT2D eigenvalue weighted by molar-refractivity contribution is 0.102. The molecule has 2 heterocycles. The minimum atomic E-state index is -0.436. The number of amides is 3. The highest BCUT2D eigenvalue weighted by Crippen LogP contribution is 2.33. The molecule has 0 saturated carbocycles. The minimum absolute atomic E-state index is 0.0297. The van der Waals surface area contributed by atoms with Crippen LogP contribution in [-0.2, 0) is 13.2 Å². The van der Waals surface area contributed by atoms with Crippen LogP contribution in [0.1, 0.15) is 27.2 Å². The molecule has 1 aliphatic rings. The Bertz CT molecular complexity index is 1440. The molecule has 3 aromatic carbocycles. The Labute approximate surface area is 207 Å². The molecule has 0 aliphatic carbocycles. The summed E-state index contributed by atoms with van der Waals surface area (Å²) in [7, 11) is 0. The standard InChI is InChI=1S/C28H23FN4O3/c1-18-9-12-22(36-17-25-23(29)8-5-13-30-25)15-26(18)33-16-20-11-10-19(14-24(20)32-28(33)35)27(34)31-21-6-3-2-4-7-21/h2-15H,16-17H2,1H3,(H,31,34)(H,32,35). The summed E-state index contributed by atoms with van der Waals surface area (Å²) in [6, 6.07) is 22.3. The maximum Gasteiger partial charge on any atom is 0.326 e. The first kappa shape index (κ1) is 23.0. The molecule has 0 spiro atoms. The number of aromatic nitrogens is 1. The fourth-order valence-corrected chi connectivity index (χ4v) is 3.96. The van der Waals surface area contributed by atoms with E-state index in [4.69, 9.17) is 4.74 Å². The average molecular weight is 483 g/mol. The van der Waals surface area contributed by atoms with Crippen LogP contribution in [0, 0.1) is 12.7 Å². The van der Waals surface area contributed by atoms with E-state index in [1.165, 1.54) is 18.3 Å². The number of ether oxygens (including phenoxy) is 1. The fraction of sp³-hybridized carbons (Fsp3) is 0.107. The van der Waals surface area contributed by atoms with Crippen LogP contribution in [0.15, 0.2) is 85.1 Å². The normalized spacial score (nSPS) is 12.5. The summed E-state index contributed by atoms with van der Waals surface area (Å²) in [5.74, 6) is -0.202. The number of para-hydroxylation sites is 1. The number of rotatable bonds is 6. The van der Waals surface area contributed by atoms with E-state index in [0.29, 0.717) is 34.9 Å². The molecule has 4 aromatic rings. The molecule has 5 rings (SSSR count). The number of nitrogens with zero attached hydrogens (tertiary/aromatic N) is 2. The molecule has 180 valence electrons. The van der Waals surface area contributed by atoms with Crippen molar-refractivity contribution in [3.05, 3.63) is 113 Å². The molecule has 2 N–H and O–H groups in total. The van der Waals surface area contributed by atoms with Gasteiger partial charge in [-0.1, -0.05) is 30.3 Å². The van der Waals surface area contributed by atoms with Gasteiger partial charge >= 0.3 is 6.03 Å². The first-order chi connectivity index (χ1) is 17.5. The van der Waals surface area contributed by atoms with Crippen LogP contribution in [0.4, 0.5) is 26.2 Å². The summed E-state index contributed by atoms with van der Waals surface area (Å²) in [4.78, 5) is 31.3. The smallest absolute Gasteiger partial charge is 0.326 e. The van der Waals surface area contributed by atoms with Crippen molar-refractivity contribution < 1.29 is 18.7 Å². The highest BCUT2D eigenvalue weighted by atomic mass is 19.1. The predicted octanol–water partition coefficient (Wildman–Crippen LogP) is 5.91. The highest BCUT2D eigenvalue weighted by molar-refractivity contribution is 6.08. The Hall–Kier alpha value is -4.72. The molecule has 0 atom stereocenters. The highest BCUT2D eigenvalue weighted by Gasteiger charge is 2.26. The van der Waals surface area contributed by atoms with Crippen LogP contribution in [0.2, 0.25) is 0 Å². The van der Waals surface area contributed by atoms with Gasteiger partial charge in [0.2, 0.25) is 0 Å². The second-order valence-corrected chi connectivity index (χ2v) is 8.38. The molecule has 36 heavy (non-hydrogen) atoms. The quantitative estimate of drug-likeness (QED) is 0.358. The molecular weight excluding hydrogens is 459 g/mol. The maximum atomic E-state index is 13.9. The second kappa shape index (κ2) is 9.87. The van der Waals surface area contributed by atoms with Crippen LogP contribution in [0.3, 0.4) is 0 Å². The monoisotopic (exact) mass is 482 g/mol. The summed E-state index contributed by atoms with van der Waals surface area (Å²) in [6.45, 7) is 2.19. The van der Waals surface area contributed by atoms with Gasteiger partial charge in [-0.05, 0) is 60.5 Å². The Morgan fingerprint density at radius 3 is 2.72 bits per heavy atom. The summed E-state index contributed by atoms with van der Waals surface area (Å²) >= 11 is 0. The first-order valence-corrected chi connectivity index (χ1v) is 11.4. The van der Waals surface area contributed by atoms with Crippen LogP contribution < -0.4 is 20.3 Å². The molecule has 0 fully saturated rings. The molecule has 0 bridgehead atoms. The Morgan fingerprint density at radius 1 is 1.08 bits per heavy atom. The van der Waals surface area contributed by atoms with Crippen molar-refractivity contribution in [2.75, 3.05) is 15.5 Å². The number of carbonyl (C=O) groups is 2. The number of carbonyl (C=O) groups excluding carboxylic acids is 2. The van der Waals surface area contributed by atoms with E-state index in [0.717, 1.165) is 11.1 Å². The first-order valence-electron chi connectivity index (χ1n) is 11.4. The van der Waals surface area contributed by atoms with Crippen molar-refractivity contribution in [2.45, 2.75) is 20.1 Å². The van der Waals surface area contributed by atoms with Crippen molar-refractivity contribution in [1.82, 2.24) is 4.98 Å². The van der Waals surface area contributed by atoms with Gasteiger partial charge in [0.1, 0.15) is 23.9 Å². The zero-order valence-corrected chi connectivity index (χ0v) is 19.5. The van der Waals surface area contributed by atoms with Gasteiger partial charge in [0, 0.05) is 29.2 Å². The molecule has 1 aromatic heterocycles. The number of fused-ring (bicyclic) bond motifs is 1. The number of hydrogen-bond donors (Lipinski definition) is 2. The molecule has 8 heteroatoms. The van der Waals surface area contributed by atoms with Gasteiger partial charge in [0.15, 0.2) is 0 Å². The van der Waals surface area contributed by atoms with E-state index < -0.39 is 5.82 Å². The van der Waals surface area contributed by atoms with Crippen LogP contribution in [0.5, 0.6) is 5.75 Å². The molecular formula is C28H23FN4O3. The summed E-state index contributed by atoms with van der Waals surface area (Å²) in [5, 5.41) is 5.73. The molecule has 7 nitrogen and oxygen atoms in total. The van der Waals surface area contributed by atoms with E-state index in [1.807, 2.05) is 49.4 Å². The van der Waals surface area contributed by atoms with Crippen molar-refractivity contribution in [2.24, 2.45) is 0 Å². The zero-order valence-electron chi connectivity index (χ0n) is 19.5. The number of anilines is 3. The van der Waals surface area contributed by atoms with Gasteiger partial charge in [-0.25, -0.2) is 9.18 Å². The number of benzene rings is 3. The molecule has 0 saturated heterocycles. The lowest BCUT2D eigenvalue weighted by atomic mass is 10.0. The van der Waals surface area contributed by atoms with E-state index in [9.17, 15) is 14.0 Å². The second-order valence-electron chi connectivity index (χ2n) is 8.38. The van der Waals surface area contributed by atoms with Crippen molar-refractivity contribution >= 4 is 29.0 Å². The van der Waals surface area contributed by atoms with Gasteiger partial charge in [0.05, 0.1) is 12.2 Å². The van der Waals surface area contributed by atoms with Gasteiger partial charge in [-0.15, -0.1) is 0 Å². The largest absolute Gasteiger partial charge is 0.487 e. The Kier molecular flexibility index (Phi) is 6.32. The van der Waals surface area contributed by atoms with E-state index in [-0.39, 0.29) is 24.2 Å². The number of nitrogens with one attached hydrogen (secondary N) is 2. The van der Waals surface area contributed by atoms with Gasteiger partial charge in [-0.3, -0.25) is 14.7 Å². The number of aryl methyl sites for hydroxylation is 1. The SMILES string of the molecule is Cc1ccc(OCc2ncccc2F)cc1N1Cc2ccc(C(=O)Nc3ccccc3)cc2NC1=O. The van der Waals surface area contributed by atoms with Crippen molar-refractivity contribution in [3.8, 4) is 5.75 Å². The molecule has 3 amide bonds. The predicted molar refractivity (Wildman–Crippen MR) is 136 cm³/mol.